The first-order chi connectivity index (χ1) is 6.96. The van der Waals surface area contributed by atoms with Crippen molar-refractivity contribution < 1.29 is 4.79 Å². The summed E-state index contributed by atoms with van der Waals surface area (Å²) in [6.07, 6.45) is 8.07. The minimum absolute atomic E-state index is 0.272. The lowest BCUT2D eigenvalue weighted by Gasteiger charge is -2.19. The first-order valence-corrected chi connectivity index (χ1v) is 5.01. The van der Waals surface area contributed by atoms with Gasteiger partial charge in [-0.25, -0.2) is 9.97 Å². The number of rotatable bonds is 2. The zero-order chi connectivity index (χ0) is 11.5. The number of halogens is 1. The van der Waals surface area contributed by atoms with Crippen molar-refractivity contribution in [2.24, 2.45) is 0 Å². The molecule has 15 heavy (non-hydrogen) atoms. The Morgan fingerprint density at radius 2 is 2.33 bits per heavy atom. The molecule has 0 atom stereocenters. The topological polar surface area (TPSA) is 54.9 Å². The van der Waals surface area contributed by atoms with Crippen LogP contribution in [0.2, 0.25) is 0 Å². The molecular formula is C10H10BrN3O. The van der Waals surface area contributed by atoms with Crippen molar-refractivity contribution in [2.75, 3.05) is 0 Å². The van der Waals surface area contributed by atoms with Gasteiger partial charge in [-0.05, 0) is 29.8 Å². The molecule has 1 aromatic heterocycles. The van der Waals surface area contributed by atoms with Crippen LogP contribution in [0.1, 0.15) is 24.3 Å². The SMILES string of the molecule is C#CC(C)(C)NC(=O)c1ncncc1Br. The summed E-state index contributed by atoms with van der Waals surface area (Å²) in [7, 11) is 0. The average Bonchev–Trinajstić information content (AvgIpc) is 2.17. The molecule has 1 amide bonds. The van der Waals surface area contributed by atoms with Crippen molar-refractivity contribution in [1.29, 1.82) is 0 Å². The highest BCUT2D eigenvalue weighted by molar-refractivity contribution is 9.10. The van der Waals surface area contributed by atoms with E-state index in [1.807, 2.05) is 0 Å². The molecule has 0 aliphatic rings. The van der Waals surface area contributed by atoms with Gasteiger partial charge in [-0.3, -0.25) is 4.79 Å². The van der Waals surface area contributed by atoms with E-state index in [-0.39, 0.29) is 11.6 Å². The number of carbonyl (C=O) groups excluding carboxylic acids is 1. The van der Waals surface area contributed by atoms with Crippen LogP contribution < -0.4 is 5.32 Å². The van der Waals surface area contributed by atoms with E-state index in [9.17, 15) is 4.79 Å². The molecule has 5 heteroatoms. The molecule has 4 nitrogen and oxygen atoms in total. The highest BCUT2D eigenvalue weighted by atomic mass is 79.9. The lowest BCUT2D eigenvalue weighted by atomic mass is 10.1. The van der Waals surface area contributed by atoms with E-state index < -0.39 is 5.54 Å². The summed E-state index contributed by atoms with van der Waals surface area (Å²) in [6.45, 7) is 3.47. The minimum atomic E-state index is -0.693. The number of nitrogens with one attached hydrogen (secondary N) is 1. The quantitative estimate of drug-likeness (QED) is 0.824. The zero-order valence-electron chi connectivity index (χ0n) is 8.41. The van der Waals surface area contributed by atoms with Gasteiger partial charge in [0.15, 0.2) is 0 Å². The summed E-state index contributed by atoms with van der Waals surface area (Å²) < 4.78 is 0.537. The Kier molecular flexibility index (Phi) is 3.43. The van der Waals surface area contributed by atoms with E-state index >= 15 is 0 Å². The maximum atomic E-state index is 11.7. The third kappa shape index (κ3) is 3.03. The van der Waals surface area contributed by atoms with Gasteiger partial charge in [-0.1, -0.05) is 5.92 Å². The molecule has 1 aromatic rings. The van der Waals surface area contributed by atoms with Gasteiger partial charge in [0.25, 0.3) is 5.91 Å². The van der Waals surface area contributed by atoms with Gasteiger partial charge in [0, 0.05) is 6.20 Å². The Morgan fingerprint density at radius 1 is 1.67 bits per heavy atom. The molecule has 0 unspecified atom stereocenters. The minimum Gasteiger partial charge on any atom is -0.335 e. The second-order valence-electron chi connectivity index (χ2n) is 3.44. The molecule has 0 fully saturated rings. The smallest absolute Gasteiger partial charge is 0.272 e. The van der Waals surface area contributed by atoms with Crippen LogP contribution in [0.15, 0.2) is 17.0 Å². The second-order valence-corrected chi connectivity index (χ2v) is 4.30. The third-order valence-corrected chi connectivity index (χ3v) is 2.25. The number of hydrogen-bond acceptors (Lipinski definition) is 3. The normalized spacial score (nSPS) is 10.5. The van der Waals surface area contributed by atoms with Crippen molar-refractivity contribution in [3.05, 3.63) is 22.7 Å². The van der Waals surface area contributed by atoms with Crippen molar-refractivity contribution in [1.82, 2.24) is 15.3 Å². The Balaban J connectivity index is 2.89. The molecule has 1 heterocycles. The summed E-state index contributed by atoms with van der Waals surface area (Å²) in [5.41, 5.74) is -0.421. The van der Waals surface area contributed by atoms with E-state index in [0.717, 1.165) is 0 Å². The van der Waals surface area contributed by atoms with E-state index in [4.69, 9.17) is 6.42 Å². The third-order valence-electron chi connectivity index (χ3n) is 1.67. The molecule has 0 bridgehead atoms. The molecule has 0 aliphatic carbocycles. The largest absolute Gasteiger partial charge is 0.335 e. The van der Waals surface area contributed by atoms with Crippen LogP contribution >= 0.6 is 15.9 Å². The number of nitrogens with zero attached hydrogens (tertiary/aromatic N) is 2. The molecule has 1 rings (SSSR count). The lowest BCUT2D eigenvalue weighted by molar-refractivity contribution is 0.0923. The van der Waals surface area contributed by atoms with E-state index in [1.165, 1.54) is 12.5 Å². The number of terminal acetylenes is 1. The summed E-state index contributed by atoms with van der Waals surface area (Å²) >= 11 is 3.19. The van der Waals surface area contributed by atoms with Gasteiger partial charge in [0.2, 0.25) is 0 Å². The molecule has 78 valence electrons. The first kappa shape index (κ1) is 11.7. The van der Waals surface area contributed by atoms with Gasteiger partial charge in [-0.2, -0.15) is 0 Å². The molecule has 0 radical (unpaired) electrons. The van der Waals surface area contributed by atoms with E-state index in [1.54, 1.807) is 13.8 Å². The van der Waals surface area contributed by atoms with Gasteiger partial charge in [0.05, 0.1) is 10.0 Å². The van der Waals surface area contributed by atoms with Crippen molar-refractivity contribution in [3.8, 4) is 12.3 Å². The predicted molar refractivity (Wildman–Crippen MR) is 60.1 cm³/mol. The Bertz CT molecular complexity index is 423. The van der Waals surface area contributed by atoms with Crippen LogP contribution in [-0.2, 0) is 0 Å². The van der Waals surface area contributed by atoms with Crippen LogP contribution in [0.4, 0.5) is 0 Å². The van der Waals surface area contributed by atoms with E-state index in [0.29, 0.717) is 4.47 Å². The predicted octanol–water partition coefficient (Wildman–Crippen LogP) is 1.38. The molecule has 1 N–H and O–H groups in total. The van der Waals surface area contributed by atoms with Gasteiger partial charge in [-0.15, -0.1) is 6.42 Å². The lowest BCUT2D eigenvalue weighted by Crippen LogP contribution is -2.42. The van der Waals surface area contributed by atoms with Gasteiger partial charge < -0.3 is 5.32 Å². The van der Waals surface area contributed by atoms with Crippen molar-refractivity contribution in [2.45, 2.75) is 19.4 Å². The Hall–Kier alpha value is -1.41. The summed E-state index contributed by atoms with van der Waals surface area (Å²) in [6, 6.07) is 0. The molecule has 0 spiro atoms. The van der Waals surface area contributed by atoms with Crippen LogP contribution in [0, 0.1) is 12.3 Å². The standard InChI is InChI=1S/C10H10BrN3O/c1-4-10(2,3)14-9(15)8-7(11)5-12-6-13-8/h1,5-6H,2-3H3,(H,14,15). The molecule has 0 aliphatic heterocycles. The molecule has 0 saturated heterocycles. The fraction of sp³-hybridized carbons (Fsp3) is 0.300. The number of aromatic nitrogens is 2. The monoisotopic (exact) mass is 267 g/mol. The highest BCUT2D eigenvalue weighted by Crippen LogP contribution is 2.12. The van der Waals surface area contributed by atoms with Crippen molar-refractivity contribution >= 4 is 21.8 Å². The summed E-state index contributed by atoms with van der Waals surface area (Å²) in [5, 5.41) is 2.67. The number of hydrogen-bond donors (Lipinski definition) is 1. The zero-order valence-corrected chi connectivity index (χ0v) is 10.00. The first-order valence-electron chi connectivity index (χ1n) is 4.22. The van der Waals surface area contributed by atoms with Crippen LogP contribution in [0.3, 0.4) is 0 Å². The number of carbonyl (C=O) groups is 1. The highest BCUT2D eigenvalue weighted by Gasteiger charge is 2.20. The molecule has 0 aromatic carbocycles. The Labute approximate surface area is 96.6 Å². The summed E-state index contributed by atoms with van der Waals surface area (Å²) in [5.74, 6) is 2.14. The molecular weight excluding hydrogens is 258 g/mol. The maximum absolute atomic E-state index is 11.7. The second kappa shape index (κ2) is 4.41. The summed E-state index contributed by atoms with van der Waals surface area (Å²) in [4.78, 5) is 19.3. The molecule has 0 saturated carbocycles. The van der Waals surface area contributed by atoms with E-state index in [2.05, 4.69) is 37.1 Å². The number of amides is 1. The van der Waals surface area contributed by atoms with Crippen molar-refractivity contribution in [3.63, 3.8) is 0 Å². The fourth-order valence-corrected chi connectivity index (χ4v) is 1.26. The fourth-order valence-electron chi connectivity index (χ4n) is 0.859. The average molecular weight is 268 g/mol. The Morgan fingerprint density at radius 3 is 2.87 bits per heavy atom. The van der Waals surface area contributed by atoms with Gasteiger partial charge in [0.1, 0.15) is 12.0 Å². The van der Waals surface area contributed by atoms with Crippen LogP contribution in [-0.4, -0.2) is 21.4 Å². The van der Waals surface area contributed by atoms with Crippen LogP contribution in [0.25, 0.3) is 0 Å². The van der Waals surface area contributed by atoms with Crippen LogP contribution in [0.5, 0.6) is 0 Å². The maximum Gasteiger partial charge on any atom is 0.272 e. The van der Waals surface area contributed by atoms with Gasteiger partial charge >= 0.3 is 0 Å².